The van der Waals surface area contributed by atoms with Crippen molar-refractivity contribution in [2.24, 2.45) is 22.7 Å². The first-order valence-electron chi connectivity index (χ1n) is 27.9. The Kier molecular flexibility index (Phi) is 18.0. The summed E-state index contributed by atoms with van der Waals surface area (Å²) >= 11 is 0. The van der Waals surface area contributed by atoms with Gasteiger partial charge in [-0.3, -0.25) is 4.79 Å². The van der Waals surface area contributed by atoms with E-state index in [1.54, 1.807) is 34.3 Å². The van der Waals surface area contributed by atoms with E-state index in [4.69, 9.17) is 61.6 Å². The highest BCUT2D eigenvalue weighted by Gasteiger charge is 2.77. The molecule has 4 heterocycles. The van der Waals surface area contributed by atoms with Crippen LogP contribution in [-0.2, 0) is 71.2 Å². The summed E-state index contributed by atoms with van der Waals surface area (Å²) in [6, 6.07) is 9.46. The van der Waals surface area contributed by atoms with E-state index in [1.165, 1.54) is 20.1 Å². The van der Waals surface area contributed by atoms with Crippen LogP contribution in [0.15, 0.2) is 48.1 Å². The molecule has 3 saturated carbocycles. The smallest absolute Gasteiger partial charge is 0.331 e. The van der Waals surface area contributed by atoms with Crippen molar-refractivity contribution in [3.05, 3.63) is 53.6 Å². The molecule has 4 aliphatic heterocycles. The lowest BCUT2D eigenvalue weighted by Gasteiger charge is -2.66. The molecule has 9 rings (SSSR count). The van der Waals surface area contributed by atoms with Gasteiger partial charge in [0.2, 0.25) is 0 Å². The van der Waals surface area contributed by atoms with Crippen molar-refractivity contribution in [2.45, 2.75) is 241 Å². The first-order valence-corrected chi connectivity index (χ1v) is 27.9. The minimum Gasteiger partial charge on any atom is -0.458 e. The summed E-state index contributed by atoms with van der Waals surface area (Å²) < 4.78 is 81.2. The number of esters is 1. The number of methoxy groups -OCH3 is 4. The molecular formula is C58H86O19. The molecule has 432 valence electrons. The third-order valence-corrected chi connectivity index (χ3v) is 19.5. The second kappa shape index (κ2) is 23.6. The number of hydrogen-bond acceptors (Lipinski definition) is 19. The first-order chi connectivity index (χ1) is 36.6. The van der Waals surface area contributed by atoms with Crippen molar-refractivity contribution in [2.75, 3.05) is 28.4 Å². The average molecular weight is 1090 g/mol. The minimum atomic E-state index is -1.69. The summed E-state index contributed by atoms with van der Waals surface area (Å²) in [4.78, 5) is 26.9. The van der Waals surface area contributed by atoms with Gasteiger partial charge in [0.05, 0.1) is 48.8 Å². The lowest BCUT2D eigenvalue weighted by atomic mass is 9.43. The maximum Gasteiger partial charge on any atom is 0.331 e. The van der Waals surface area contributed by atoms with Gasteiger partial charge in [-0.2, -0.15) is 0 Å². The van der Waals surface area contributed by atoms with Gasteiger partial charge >= 0.3 is 5.97 Å². The standard InChI is InChI=1S/C58H86O19/c1-30(59)38-21-24-58(64)56(38,7)43(74-44(60)18-17-35-15-13-12-14-16-35)29-42-55(6)22-20-37(25-36(55)19-23-57(42,58)63)73-45-26-39(65-8)50(32(3)69-45)75-46-27-40(66-9)51(33(4)70-46)76-47-28-41(67-10)52(34(5)71-47)77-54-49(62)53(68-11)48(61)31(2)72-54/h12-19,31-34,37-43,45-54,61-64H,20-29H2,1-11H3. The van der Waals surface area contributed by atoms with Crippen LogP contribution >= 0.6 is 0 Å². The van der Waals surface area contributed by atoms with E-state index in [0.29, 0.717) is 51.4 Å². The number of fused-ring (bicyclic) bond motifs is 5. The van der Waals surface area contributed by atoms with Crippen molar-refractivity contribution in [3.8, 4) is 0 Å². The van der Waals surface area contributed by atoms with Crippen LogP contribution in [0.3, 0.4) is 0 Å². The summed E-state index contributed by atoms with van der Waals surface area (Å²) in [5, 5.41) is 47.3. The third-order valence-electron chi connectivity index (χ3n) is 19.5. The Morgan fingerprint density at radius 2 is 1.22 bits per heavy atom. The number of rotatable bonds is 16. The molecule has 7 fully saturated rings. The SMILES string of the molecule is COC1CC(OC2CCC3(C)C(=CCC4(O)C3CC(OC(=O)C=Cc3ccccc3)C3(C)C(C(C)=O)CCC43O)C2)OC(C)C1OC1CC(OC)C(OC2CC(OC)C(OC3OC(C)C(O)C(OC)C3O)C(C)O2)C(C)O1. The van der Waals surface area contributed by atoms with E-state index in [9.17, 15) is 30.0 Å². The largest absolute Gasteiger partial charge is 0.458 e. The lowest BCUT2D eigenvalue weighted by molar-refractivity contribution is -0.355. The van der Waals surface area contributed by atoms with Gasteiger partial charge in [-0.05, 0) is 96.6 Å². The maximum atomic E-state index is 13.6. The molecule has 1 aromatic carbocycles. The van der Waals surface area contributed by atoms with E-state index in [-0.39, 0.29) is 24.7 Å². The molecule has 25 atom stereocenters. The van der Waals surface area contributed by atoms with Gasteiger partial charge in [-0.25, -0.2) is 4.79 Å². The number of hydrogen-bond donors (Lipinski definition) is 4. The molecule has 0 bridgehead atoms. The zero-order chi connectivity index (χ0) is 55.4. The fourth-order valence-electron chi connectivity index (χ4n) is 15.1. The number of ketones is 1. The summed E-state index contributed by atoms with van der Waals surface area (Å²) in [6.45, 7) is 12.9. The summed E-state index contributed by atoms with van der Waals surface area (Å²) in [7, 11) is 6.27. The molecule has 25 unspecified atom stereocenters. The Morgan fingerprint density at radius 3 is 1.77 bits per heavy atom. The molecule has 0 radical (unpaired) electrons. The van der Waals surface area contributed by atoms with Gasteiger partial charge in [0.25, 0.3) is 0 Å². The Morgan fingerprint density at radius 1 is 0.662 bits per heavy atom. The Labute approximate surface area is 453 Å². The average Bonchev–Trinajstić information content (AvgIpc) is 3.92. The zero-order valence-electron chi connectivity index (χ0n) is 46.7. The lowest BCUT2D eigenvalue weighted by Crippen LogP contribution is -2.75. The molecule has 19 nitrogen and oxygen atoms in total. The Bertz CT molecular complexity index is 2250. The van der Waals surface area contributed by atoms with Crippen LogP contribution in [0.4, 0.5) is 0 Å². The topological polar surface area (TPSA) is 235 Å². The van der Waals surface area contributed by atoms with Gasteiger partial charge < -0.3 is 82.0 Å². The number of benzene rings is 1. The van der Waals surface area contributed by atoms with E-state index in [0.717, 1.165) is 11.1 Å². The van der Waals surface area contributed by atoms with Crippen molar-refractivity contribution >= 4 is 17.8 Å². The highest BCUT2D eigenvalue weighted by atomic mass is 16.8. The summed E-state index contributed by atoms with van der Waals surface area (Å²) in [5.41, 5.74) is -3.04. The van der Waals surface area contributed by atoms with Crippen molar-refractivity contribution in [3.63, 3.8) is 0 Å². The van der Waals surface area contributed by atoms with Gasteiger partial charge in [0, 0.05) is 71.0 Å². The van der Waals surface area contributed by atoms with Gasteiger partial charge in [0.15, 0.2) is 25.2 Å². The Hall–Kier alpha value is -2.80. The van der Waals surface area contributed by atoms with Crippen molar-refractivity contribution in [1.82, 2.24) is 0 Å². The summed E-state index contributed by atoms with van der Waals surface area (Å²) in [6.07, 6.45) is -3.10. The number of aliphatic hydroxyl groups is 4. The number of carbonyl (C=O) groups excluding carboxylic acids is 2. The van der Waals surface area contributed by atoms with E-state index >= 15 is 0 Å². The van der Waals surface area contributed by atoms with E-state index in [2.05, 4.69) is 13.0 Å². The van der Waals surface area contributed by atoms with Crippen LogP contribution in [0.2, 0.25) is 0 Å². The second-order valence-electron chi connectivity index (χ2n) is 23.6. The molecule has 0 amide bonds. The predicted molar refractivity (Wildman–Crippen MR) is 275 cm³/mol. The van der Waals surface area contributed by atoms with E-state index < -0.39 is 150 Å². The monoisotopic (exact) mass is 1090 g/mol. The molecule has 0 spiro atoms. The fraction of sp³-hybridized carbons (Fsp3) is 0.793. The highest BCUT2D eigenvalue weighted by molar-refractivity contribution is 5.87. The van der Waals surface area contributed by atoms with Gasteiger partial charge in [0.1, 0.15) is 59.7 Å². The van der Waals surface area contributed by atoms with Gasteiger partial charge in [-0.15, -0.1) is 0 Å². The molecule has 4 saturated heterocycles. The molecule has 4 aliphatic carbocycles. The van der Waals surface area contributed by atoms with Crippen LogP contribution in [0.1, 0.15) is 118 Å². The molecule has 77 heavy (non-hydrogen) atoms. The van der Waals surface area contributed by atoms with Crippen molar-refractivity contribution in [1.29, 1.82) is 0 Å². The zero-order valence-corrected chi connectivity index (χ0v) is 46.7. The van der Waals surface area contributed by atoms with E-state index in [1.807, 2.05) is 58.0 Å². The molecule has 1 aromatic rings. The number of carbonyl (C=O) groups is 2. The Balaban J connectivity index is 0.802. The van der Waals surface area contributed by atoms with Crippen LogP contribution in [0.25, 0.3) is 6.08 Å². The molecule has 0 aromatic heterocycles. The second-order valence-corrected chi connectivity index (χ2v) is 23.6. The number of Topliss-reactive ketones (excluding diaryl/α,β-unsaturated/α-hetero) is 1. The minimum absolute atomic E-state index is 0.0917. The maximum absolute atomic E-state index is 13.6. The van der Waals surface area contributed by atoms with Crippen LogP contribution < -0.4 is 0 Å². The number of aliphatic hydroxyl groups excluding tert-OH is 2. The van der Waals surface area contributed by atoms with Crippen LogP contribution in [0, 0.1) is 22.7 Å². The molecule has 19 heteroatoms. The van der Waals surface area contributed by atoms with Crippen LogP contribution in [0.5, 0.6) is 0 Å². The number of ether oxygens (including phenoxy) is 13. The first kappa shape index (κ1) is 58.8. The van der Waals surface area contributed by atoms with Gasteiger partial charge in [-0.1, -0.05) is 55.8 Å². The predicted octanol–water partition coefficient (Wildman–Crippen LogP) is 5.09. The quantitative estimate of drug-likeness (QED) is 0.0959. The third kappa shape index (κ3) is 10.9. The molecule has 4 N–H and O–H groups in total. The summed E-state index contributed by atoms with van der Waals surface area (Å²) in [5.74, 6) is -1.71. The van der Waals surface area contributed by atoms with Crippen molar-refractivity contribution < 1.29 is 91.6 Å². The fourth-order valence-corrected chi connectivity index (χ4v) is 15.1. The molecule has 8 aliphatic rings. The highest BCUT2D eigenvalue weighted by Crippen LogP contribution is 2.70. The molecular weight excluding hydrogens is 1000 g/mol. The van der Waals surface area contributed by atoms with Crippen LogP contribution in [-0.4, -0.2) is 189 Å². The normalized spacial score (nSPS) is 48.1.